The largest absolute Gasteiger partial charge is 0.0619 e. The van der Waals surface area contributed by atoms with Gasteiger partial charge in [0.05, 0.1) is 0 Å². The highest BCUT2D eigenvalue weighted by Crippen LogP contribution is 2.57. The van der Waals surface area contributed by atoms with Gasteiger partial charge in [0.1, 0.15) is 0 Å². The minimum Gasteiger partial charge on any atom is -0.0619 e. The molecule has 13 rings (SSSR count). The van der Waals surface area contributed by atoms with E-state index in [0.29, 0.717) is 0 Å². The summed E-state index contributed by atoms with van der Waals surface area (Å²) in [7, 11) is 0. The normalized spacial score (nSPS) is 14.6. The van der Waals surface area contributed by atoms with E-state index < -0.39 is 0 Å². The van der Waals surface area contributed by atoms with Gasteiger partial charge >= 0.3 is 0 Å². The van der Waals surface area contributed by atoms with Gasteiger partial charge in [-0.05, 0) is 156 Å². The molecule has 11 aromatic rings. The summed E-state index contributed by atoms with van der Waals surface area (Å²) in [6.07, 6.45) is 0. The van der Waals surface area contributed by atoms with Crippen LogP contribution in [0.5, 0.6) is 0 Å². The molecule has 0 unspecified atom stereocenters. The molecule has 0 saturated heterocycles. The summed E-state index contributed by atoms with van der Waals surface area (Å²) in [5, 5.41) is 15.7. The summed E-state index contributed by atoms with van der Waals surface area (Å²) in [5.41, 5.74) is 16.1. The van der Waals surface area contributed by atoms with E-state index in [1.807, 2.05) is 0 Å². The van der Waals surface area contributed by atoms with Crippen LogP contribution in [0.25, 0.3) is 109 Å². The zero-order valence-electron chi connectivity index (χ0n) is 34.3. The molecule has 2 aliphatic rings. The second kappa shape index (κ2) is 11.8. The standard InChI is InChI=1S/C60H42/c1-59(2)51-28-16-15-27-48(51)56-41-20-8-6-19-40(41)49(34-53(56)59)55-45-24-12-10-22-43(45)54(44-23-11-13-25-46(44)55)36-30-29-35-32-50-52(33-37(35)31-36)60(3,4)58-47-26-14-7-18-39(47)38-17-5-9-21-42(38)57(50)58/h5-34H,1-4H3. The van der Waals surface area contributed by atoms with Gasteiger partial charge in [-0.15, -0.1) is 0 Å². The van der Waals surface area contributed by atoms with Crippen LogP contribution < -0.4 is 0 Å². The highest BCUT2D eigenvalue weighted by atomic mass is 14.4. The summed E-state index contributed by atoms with van der Waals surface area (Å²) in [6.45, 7) is 9.65. The second-order valence-corrected chi connectivity index (χ2v) is 18.3. The lowest BCUT2D eigenvalue weighted by atomic mass is 9.78. The van der Waals surface area contributed by atoms with Crippen molar-refractivity contribution in [2.45, 2.75) is 38.5 Å². The van der Waals surface area contributed by atoms with E-state index in [1.165, 1.54) is 131 Å². The van der Waals surface area contributed by atoms with Crippen LogP contribution in [0, 0.1) is 0 Å². The van der Waals surface area contributed by atoms with Crippen LogP contribution in [0.4, 0.5) is 0 Å². The number of hydrogen-bond acceptors (Lipinski definition) is 0. The van der Waals surface area contributed by atoms with Crippen molar-refractivity contribution in [3.63, 3.8) is 0 Å². The third-order valence-corrected chi connectivity index (χ3v) is 14.6. The van der Waals surface area contributed by atoms with Crippen LogP contribution in [0.2, 0.25) is 0 Å². The van der Waals surface area contributed by atoms with Crippen LogP contribution in [-0.4, -0.2) is 0 Å². The smallest absolute Gasteiger partial charge is 0.0165 e. The predicted octanol–water partition coefficient (Wildman–Crippen LogP) is 16.6. The van der Waals surface area contributed by atoms with Crippen molar-refractivity contribution in [1.29, 1.82) is 0 Å². The van der Waals surface area contributed by atoms with Crippen molar-refractivity contribution in [2.24, 2.45) is 0 Å². The first-order valence-corrected chi connectivity index (χ1v) is 21.4. The molecule has 0 heteroatoms. The molecule has 11 aromatic carbocycles. The van der Waals surface area contributed by atoms with Crippen molar-refractivity contribution in [3.8, 4) is 44.5 Å². The Labute approximate surface area is 350 Å². The number of benzene rings is 11. The predicted molar refractivity (Wildman–Crippen MR) is 257 cm³/mol. The van der Waals surface area contributed by atoms with Crippen LogP contribution >= 0.6 is 0 Å². The maximum absolute atomic E-state index is 2.54. The Morgan fingerprint density at radius 1 is 0.267 bits per heavy atom. The van der Waals surface area contributed by atoms with Crippen molar-refractivity contribution in [1.82, 2.24) is 0 Å². The van der Waals surface area contributed by atoms with Crippen LogP contribution in [0.1, 0.15) is 49.9 Å². The molecule has 282 valence electrons. The summed E-state index contributed by atoms with van der Waals surface area (Å²) in [4.78, 5) is 0. The first kappa shape index (κ1) is 33.9. The highest BCUT2D eigenvalue weighted by Gasteiger charge is 2.39. The average molecular weight is 763 g/mol. The van der Waals surface area contributed by atoms with E-state index in [2.05, 4.69) is 210 Å². The van der Waals surface area contributed by atoms with E-state index in [4.69, 9.17) is 0 Å². The molecule has 0 radical (unpaired) electrons. The lowest BCUT2D eigenvalue weighted by Gasteiger charge is -2.24. The minimum absolute atomic E-state index is 0.113. The molecule has 60 heavy (non-hydrogen) atoms. The molecule has 0 bridgehead atoms. The van der Waals surface area contributed by atoms with E-state index in [-0.39, 0.29) is 10.8 Å². The number of rotatable bonds is 2. The molecular formula is C60H42. The van der Waals surface area contributed by atoms with E-state index in [9.17, 15) is 0 Å². The van der Waals surface area contributed by atoms with Gasteiger partial charge in [0.15, 0.2) is 0 Å². The molecule has 0 heterocycles. The molecule has 0 atom stereocenters. The van der Waals surface area contributed by atoms with Gasteiger partial charge in [0.2, 0.25) is 0 Å². The fraction of sp³-hybridized carbons (Fsp3) is 0.100. The van der Waals surface area contributed by atoms with Crippen molar-refractivity contribution < 1.29 is 0 Å². The fourth-order valence-corrected chi connectivity index (χ4v) is 11.9. The quantitative estimate of drug-likeness (QED) is 0.122. The van der Waals surface area contributed by atoms with E-state index in [1.54, 1.807) is 0 Å². The Morgan fingerprint density at radius 2 is 0.767 bits per heavy atom. The second-order valence-electron chi connectivity index (χ2n) is 18.3. The summed E-state index contributed by atoms with van der Waals surface area (Å²) >= 11 is 0. The topological polar surface area (TPSA) is 0 Å². The summed E-state index contributed by atoms with van der Waals surface area (Å²) in [6, 6.07) is 69.1. The Morgan fingerprint density at radius 3 is 1.42 bits per heavy atom. The monoisotopic (exact) mass is 762 g/mol. The van der Waals surface area contributed by atoms with Gasteiger partial charge in [-0.25, -0.2) is 0 Å². The minimum atomic E-state index is -0.159. The maximum atomic E-state index is 2.54. The van der Waals surface area contributed by atoms with Crippen LogP contribution in [0.3, 0.4) is 0 Å². The van der Waals surface area contributed by atoms with Gasteiger partial charge in [-0.1, -0.05) is 185 Å². The highest BCUT2D eigenvalue weighted by molar-refractivity contribution is 6.25. The van der Waals surface area contributed by atoms with Gasteiger partial charge in [0.25, 0.3) is 0 Å². The Balaban J connectivity index is 1.06. The van der Waals surface area contributed by atoms with Crippen molar-refractivity contribution >= 4 is 64.6 Å². The van der Waals surface area contributed by atoms with Gasteiger partial charge in [0, 0.05) is 10.8 Å². The van der Waals surface area contributed by atoms with Gasteiger partial charge in [-0.3, -0.25) is 0 Å². The molecule has 2 aliphatic carbocycles. The van der Waals surface area contributed by atoms with E-state index in [0.717, 1.165) is 0 Å². The Hall–Kier alpha value is -7.02. The molecule has 0 fully saturated rings. The number of hydrogen-bond donors (Lipinski definition) is 0. The summed E-state index contributed by atoms with van der Waals surface area (Å²) in [5.74, 6) is 0. The molecule has 0 saturated carbocycles. The Bertz CT molecular complexity index is 3650. The molecule has 0 aliphatic heterocycles. The van der Waals surface area contributed by atoms with E-state index >= 15 is 0 Å². The zero-order valence-corrected chi connectivity index (χ0v) is 34.3. The van der Waals surface area contributed by atoms with Crippen LogP contribution in [0.15, 0.2) is 182 Å². The van der Waals surface area contributed by atoms with Gasteiger partial charge in [-0.2, -0.15) is 0 Å². The Kier molecular flexibility index (Phi) is 6.67. The third kappa shape index (κ3) is 4.31. The molecule has 0 nitrogen and oxygen atoms in total. The molecule has 0 spiro atoms. The van der Waals surface area contributed by atoms with Crippen LogP contribution in [-0.2, 0) is 10.8 Å². The third-order valence-electron chi connectivity index (χ3n) is 14.6. The molecule has 0 aromatic heterocycles. The van der Waals surface area contributed by atoms with Crippen molar-refractivity contribution in [2.75, 3.05) is 0 Å². The van der Waals surface area contributed by atoms with Gasteiger partial charge < -0.3 is 0 Å². The zero-order chi connectivity index (χ0) is 40.1. The molecule has 0 N–H and O–H groups in total. The lowest BCUT2D eigenvalue weighted by molar-refractivity contribution is 0.661. The fourth-order valence-electron chi connectivity index (χ4n) is 11.9. The maximum Gasteiger partial charge on any atom is 0.0165 e. The first-order valence-electron chi connectivity index (χ1n) is 21.4. The van der Waals surface area contributed by atoms with Crippen molar-refractivity contribution in [3.05, 3.63) is 204 Å². The number of fused-ring (bicyclic) bond motifs is 16. The lowest BCUT2D eigenvalue weighted by Crippen LogP contribution is -2.15. The molecular weight excluding hydrogens is 721 g/mol. The average Bonchev–Trinajstić information content (AvgIpc) is 3.66. The molecule has 0 amide bonds. The first-order chi connectivity index (χ1) is 29.3. The SMILES string of the molecule is CC1(C)c2ccccc2-c2c1cc(-c1c3ccccc3c(-c3ccc4cc5c(cc4c3)C(C)(C)c3c-5c4ccccc4c4ccccc34)c3ccccc13)c1ccccc21. The summed E-state index contributed by atoms with van der Waals surface area (Å²) < 4.78 is 0.